The molecule has 9 heteroatoms. The highest BCUT2D eigenvalue weighted by atomic mass is 35.5. The molecule has 30 heavy (non-hydrogen) atoms. The van der Waals surface area contributed by atoms with E-state index in [1.165, 1.54) is 0 Å². The first kappa shape index (κ1) is 22.3. The first-order valence-electron chi connectivity index (χ1n) is 9.29. The van der Waals surface area contributed by atoms with Gasteiger partial charge in [-0.2, -0.15) is 5.10 Å². The summed E-state index contributed by atoms with van der Waals surface area (Å²) in [5.41, 5.74) is 1.10. The molecule has 1 heterocycles. The number of hydrogen-bond acceptors (Lipinski definition) is 4. The molecule has 0 unspecified atom stereocenters. The highest BCUT2D eigenvalue weighted by molar-refractivity contribution is 6.36. The SMILES string of the molecule is CCOc1ccc(C(=O)Nc2nn(Cc3c(Cl)cccc3Cl)cc2Cl)cc1OCC. The van der Waals surface area contributed by atoms with Crippen LogP contribution in [0.4, 0.5) is 5.82 Å². The van der Waals surface area contributed by atoms with Gasteiger partial charge in [0.2, 0.25) is 0 Å². The van der Waals surface area contributed by atoms with Gasteiger partial charge in [-0.1, -0.05) is 40.9 Å². The zero-order chi connectivity index (χ0) is 21.7. The van der Waals surface area contributed by atoms with Crippen LogP contribution in [0.1, 0.15) is 29.8 Å². The van der Waals surface area contributed by atoms with Crippen LogP contribution in [-0.4, -0.2) is 28.9 Å². The van der Waals surface area contributed by atoms with Crippen LogP contribution in [0, 0.1) is 0 Å². The van der Waals surface area contributed by atoms with E-state index in [4.69, 9.17) is 44.3 Å². The van der Waals surface area contributed by atoms with Gasteiger partial charge in [-0.15, -0.1) is 0 Å². The van der Waals surface area contributed by atoms with Gasteiger partial charge in [0.1, 0.15) is 5.02 Å². The van der Waals surface area contributed by atoms with E-state index in [-0.39, 0.29) is 11.7 Å². The molecule has 0 spiro atoms. The zero-order valence-electron chi connectivity index (χ0n) is 16.4. The number of carbonyl (C=O) groups excluding carboxylic acids is 1. The fraction of sp³-hybridized carbons (Fsp3) is 0.238. The zero-order valence-corrected chi connectivity index (χ0v) is 18.7. The topological polar surface area (TPSA) is 65.4 Å². The lowest BCUT2D eigenvalue weighted by molar-refractivity contribution is 0.102. The van der Waals surface area contributed by atoms with Gasteiger partial charge in [-0.25, -0.2) is 0 Å². The number of ether oxygens (including phenoxy) is 2. The van der Waals surface area contributed by atoms with Gasteiger partial charge in [0.25, 0.3) is 5.91 Å². The van der Waals surface area contributed by atoms with E-state index in [2.05, 4.69) is 10.4 Å². The van der Waals surface area contributed by atoms with Crippen molar-refractivity contribution in [3.63, 3.8) is 0 Å². The van der Waals surface area contributed by atoms with Gasteiger partial charge in [0.15, 0.2) is 17.3 Å². The molecule has 0 saturated heterocycles. The van der Waals surface area contributed by atoms with Gasteiger partial charge in [0.05, 0.1) is 19.8 Å². The predicted molar refractivity (Wildman–Crippen MR) is 120 cm³/mol. The number of anilines is 1. The Hall–Kier alpha value is -2.41. The summed E-state index contributed by atoms with van der Waals surface area (Å²) in [4.78, 5) is 12.7. The number of hydrogen-bond donors (Lipinski definition) is 1. The standard InChI is InChI=1S/C21H20Cl3N3O3/c1-3-29-18-9-8-13(10-19(18)30-4-2)21(28)25-20-17(24)12-27(26-20)11-14-15(22)6-5-7-16(14)23/h5-10,12H,3-4,11H2,1-2H3,(H,25,26,28). The van der Waals surface area contributed by atoms with E-state index in [9.17, 15) is 4.79 Å². The first-order valence-corrected chi connectivity index (χ1v) is 10.4. The van der Waals surface area contributed by atoms with E-state index in [0.717, 1.165) is 0 Å². The first-order chi connectivity index (χ1) is 14.4. The highest BCUT2D eigenvalue weighted by Gasteiger charge is 2.16. The van der Waals surface area contributed by atoms with Gasteiger partial charge >= 0.3 is 0 Å². The van der Waals surface area contributed by atoms with E-state index < -0.39 is 0 Å². The maximum atomic E-state index is 12.7. The second-order valence-corrected chi connectivity index (χ2v) is 7.43. The number of halogens is 3. The summed E-state index contributed by atoms with van der Waals surface area (Å²) in [5, 5.41) is 8.40. The average molecular weight is 469 g/mol. The lowest BCUT2D eigenvalue weighted by atomic mass is 10.2. The van der Waals surface area contributed by atoms with Crippen molar-refractivity contribution in [3.05, 3.63) is 68.8 Å². The molecular formula is C21H20Cl3N3O3. The van der Waals surface area contributed by atoms with Crippen LogP contribution >= 0.6 is 34.8 Å². The Bertz CT molecular complexity index is 1030. The summed E-state index contributed by atoms with van der Waals surface area (Å²) in [6.07, 6.45) is 1.60. The molecule has 1 N–H and O–H groups in total. The molecule has 0 atom stereocenters. The molecule has 1 amide bonds. The van der Waals surface area contributed by atoms with Crippen LogP contribution in [0.2, 0.25) is 15.1 Å². The predicted octanol–water partition coefficient (Wildman–Crippen LogP) is 5.94. The van der Waals surface area contributed by atoms with Crippen molar-refractivity contribution in [1.82, 2.24) is 9.78 Å². The Kier molecular flexibility index (Phi) is 7.48. The second-order valence-electron chi connectivity index (χ2n) is 6.21. The molecular weight excluding hydrogens is 449 g/mol. The summed E-state index contributed by atoms with van der Waals surface area (Å²) >= 11 is 18.7. The molecule has 0 radical (unpaired) electrons. The minimum atomic E-state index is -0.373. The number of benzene rings is 2. The number of aromatic nitrogens is 2. The molecule has 2 aromatic carbocycles. The van der Waals surface area contributed by atoms with Crippen LogP contribution in [0.25, 0.3) is 0 Å². The monoisotopic (exact) mass is 467 g/mol. The van der Waals surface area contributed by atoms with Crippen LogP contribution in [-0.2, 0) is 6.54 Å². The van der Waals surface area contributed by atoms with Gasteiger partial charge in [-0.05, 0) is 44.2 Å². The Morgan fingerprint density at radius 2 is 1.67 bits per heavy atom. The molecule has 0 fully saturated rings. The van der Waals surface area contributed by atoms with Gasteiger partial charge < -0.3 is 14.8 Å². The third-order valence-electron chi connectivity index (χ3n) is 4.14. The van der Waals surface area contributed by atoms with E-state index in [1.807, 2.05) is 13.8 Å². The van der Waals surface area contributed by atoms with Crippen molar-refractivity contribution in [2.24, 2.45) is 0 Å². The van der Waals surface area contributed by atoms with Crippen molar-refractivity contribution < 1.29 is 14.3 Å². The fourth-order valence-corrected chi connectivity index (χ4v) is 3.49. The second kappa shape index (κ2) is 10.1. The molecule has 0 aliphatic carbocycles. The van der Waals surface area contributed by atoms with Gasteiger partial charge in [0, 0.05) is 27.4 Å². The molecule has 3 rings (SSSR count). The minimum absolute atomic E-state index is 0.233. The van der Waals surface area contributed by atoms with Crippen LogP contribution in [0.15, 0.2) is 42.6 Å². The summed E-state index contributed by atoms with van der Waals surface area (Å²) < 4.78 is 12.7. The van der Waals surface area contributed by atoms with E-state index in [0.29, 0.717) is 57.5 Å². The lowest BCUT2D eigenvalue weighted by Crippen LogP contribution is -2.13. The van der Waals surface area contributed by atoms with E-state index in [1.54, 1.807) is 47.3 Å². The largest absolute Gasteiger partial charge is 0.490 e. The number of nitrogens with zero attached hydrogens (tertiary/aromatic N) is 2. The molecule has 6 nitrogen and oxygen atoms in total. The van der Waals surface area contributed by atoms with Crippen molar-refractivity contribution in [2.45, 2.75) is 20.4 Å². The summed E-state index contributed by atoms with van der Waals surface area (Å²) in [7, 11) is 0. The molecule has 3 aromatic rings. The molecule has 0 aliphatic rings. The molecule has 0 bridgehead atoms. The molecule has 0 saturated carbocycles. The Balaban J connectivity index is 1.78. The van der Waals surface area contributed by atoms with Crippen LogP contribution in [0.5, 0.6) is 11.5 Å². The van der Waals surface area contributed by atoms with Crippen LogP contribution < -0.4 is 14.8 Å². The lowest BCUT2D eigenvalue weighted by Gasteiger charge is -2.12. The molecule has 0 aliphatic heterocycles. The maximum absolute atomic E-state index is 12.7. The Morgan fingerprint density at radius 1 is 1.00 bits per heavy atom. The minimum Gasteiger partial charge on any atom is -0.490 e. The summed E-state index contributed by atoms with van der Waals surface area (Å²) in [6.45, 7) is 5.00. The fourth-order valence-electron chi connectivity index (χ4n) is 2.78. The Labute approximate surface area is 189 Å². The van der Waals surface area contributed by atoms with Crippen LogP contribution in [0.3, 0.4) is 0 Å². The number of rotatable bonds is 8. The van der Waals surface area contributed by atoms with Crippen molar-refractivity contribution >= 4 is 46.5 Å². The number of nitrogens with one attached hydrogen (secondary N) is 1. The third-order valence-corrected chi connectivity index (χ3v) is 5.12. The van der Waals surface area contributed by atoms with Crippen molar-refractivity contribution in [2.75, 3.05) is 18.5 Å². The van der Waals surface area contributed by atoms with Crippen molar-refractivity contribution in [1.29, 1.82) is 0 Å². The number of amides is 1. The summed E-state index contributed by atoms with van der Waals surface area (Å²) in [6, 6.07) is 10.2. The van der Waals surface area contributed by atoms with Gasteiger partial charge in [-0.3, -0.25) is 9.48 Å². The highest BCUT2D eigenvalue weighted by Crippen LogP contribution is 2.30. The maximum Gasteiger partial charge on any atom is 0.257 e. The molecule has 158 valence electrons. The van der Waals surface area contributed by atoms with Crippen molar-refractivity contribution in [3.8, 4) is 11.5 Å². The third kappa shape index (κ3) is 5.19. The average Bonchev–Trinajstić information content (AvgIpc) is 3.05. The number of carbonyl (C=O) groups is 1. The summed E-state index contributed by atoms with van der Waals surface area (Å²) in [5.74, 6) is 0.936. The molecule has 1 aromatic heterocycles. The van der Waals surface area contributed by atoms with E-state index >= 15 is 0 Å². The Morgan fingerprint density at radius 3 is 2.33 bits per heavy atom. The quantitative estimate of drug-likeness (QED) is 0.444. The smallest absolute Gasteiger partial charge is 0.257 e. The normalized spacial score (nSPS) is 10.7.